The lowest BCUT2D eigenvalue weighted by molar-refractivity contribution is -0.385. The first-order valence-corrected chi connectivity index (χ1v) is 9.32. The topological polar surface area (TPSA) is 104 Å². The molecule has 1 aliphatic carbocycles. The molecule has 1 N–H and O–H groups in total. The van der Waals surface area contributed by atoms with E-state index in [-0.39, 0.29) is 11.3 Å². The average molecular weight is 413 g/mol. The Morgan fingerprint density at radius 1 is 1.29 bits per heavy atom. The average Bonchev–Trinajstić information content (AvgIpc) is 2.88. The van der Waals surface area contributed by atoms with E-state index in [1.807, 2.05) is 0 Å². The van der Waals surface area contributed by atoms with E-state index in [4.69, 9.17) is 4.74 Å². The Morgan fingerprint density at radius 3 is 2.71 bits per heavy atom. The van der Waals surface area contributed by atoms with Crippen molar-refractivity contribution < 1.29 is 28.0 Å². The second-order valence-corrected chi connectivity index (χ2v) is 7.14. The summed E-state index contributed by atoms with van der Waals surface area (Å²) in [5.41, 5.74) is -0.0773. The minimum absolute atomic E-state index is 0.217. The lowest BCUT2D eigenvalue weighted by Crippen LogP contribution is -2.15. The number of anilines is 1. The van der Waals surface area contributed by atoms with Crippen LogP contribution in [-0.2, 0) is 12.8 Å². The number of alkyl halides is 2. The number of carbonyl (C=O) groups is 1. The number of nitrogens with zero attached hydrogens (tertiary/aromatic N) is 2. The van der Waals surface area contributed by atoms with Crippen molar-refractivity contribution in [2.45, 2.75) is 38.7 Å². The van der Waals surface area contributed by atoms with Gasteiger partial charge in [-0.05, 0) is 25.7 Å². The lowest BCUT2D eigenvalue weighted by atomic mass is 10.1. The van der Waals surface area contributed by atoms with Crippen molar-refractivity contribution >= 4 is 28.1 Å². The van der Waals surface area contributed by atoms with Crippen LogP contribution >= 0.6 is 11.3 Å². The van der Waals surface area contributed by atoms with Crippen molar-refractivity contribution in [1.82, 2.24) is 4.98 Å². The van der Waals surface area contributed by atoms with Gasteiger partial charge in [-0.3, -0.25) is 20.2 Å². The van der Waals surface area contributed by atoms with Gasteiger partial charge in [-0.2, -0.15) is 8.78 Å². The summed E-state index contributed by atoms with van der Waals surface area (Å²) in [4.78, 5) is 28.6. The van der Waals surface area contributed by atoms with Crippen LogP contribution in [-0.4, -0.2) is 29.5 Å². The maximum absolute atomic E-state index is 12.6. The second-order valence-electron chi connectivity index (χ2n) is 6.06. The maximum Gasteiger partial charge on any atom is 0.387 e. The fourth-order valence-corrected chi connectivity index (χ4v) is 4.02. The van der Waals surface area contributed by atoms with Gasteiger partial charge in [0.2, 0.25) is 0 Å². The molecule has 3 rings (SSSR count). The molecular weight excluding hydrogens is 396 g/mol. The first-order valence-electron chi connectivity index (χ1n) is 8.50. The van der Waals surface area contributed by atoms with Gasteiger partial charge >= 0.3 is 6.61 Å². The van der Waals surface area contributed by atoms with Crippen LogP contribution in [0.1, 0.15) is 40.2 Å². The van der Waals surface area contributed by atoms with Gasteiger partial charge in [-0.25, -0.2) is 4.98 Å². The number of nitro groups is 1. The Labute approximate surface area is 162 Å². The van der Waals surface area contributed by atoms with Crippen LogP contribution in [0.4, 0.5) is 19.6 Å². The zero-order valence-electron chi connectivity index (χ0n) is 14.9. The SMILES string of the molecule is COc1cc(C(=O)Nc2nc3c(s2)CCCCC3)c([N+](=O)[O-])cc1OC(F)F. The number of thiazole rings is 1. The Bertz CT molecular complexity index is 880. The fourth-order valence-electron chi connectivity index (χ4n) is 2.98. The van der Waals surface area contributed by atoms with Gasteiger partial charge in [0.05, 0.1) is 23.8 Å². The molecule has 1 aromatic heterocycles. The Balaban J connectivity index is 1.91. The number of ether oxygens (including phenoxy) is 2. The molecule has 0 fully saturated rings. The van der Waals surface area contributed by atoms with Crippen LogP contribution in [0.5, 0.6) is 11.5 Å². The largest absolute Gasteiger partial charge is 0.493 e. The molecule has 0 saturated carbocycles. The Hall–Kier alpha value is -2.82. The molecule has 1 amide bonds. The van der Waals surface area contributed by atoms with E-state index in [0.717, 1.165) is 54.8 Å². The van der Waals surface area contributed by atoms with Crippen molar-refractivity contribution in [1.29, 1.82) is 0 Å². The molecule has 28 heavy (non-hydrogen) atoms. The maximum atomic E-state index is 12.6. The highest BCUT2D eigenvalue weighted by atomic mass is 32.1. The predicted octanol–water partition coefficient (Wildman–Crippen LogP) is 4.18. The van der Waals surface area contributed by atoms with E-state index in [9.17, 15) is 23.7 Å². The molecule has 0 spiro atoms. The van der Waals surface area contributed by atoms with Gasteiger partial charge in [0, 0.05) is 10.9 Å². The quantitative estimate of drug-likeness (QED) is 0.433. The summed E-state index contributed by atoms with van der Waals surface area (Å²) in [5.74, 6) is -1.52. The number of hydrogen-bond acceptors (Lipinski definition) is 7. The number of methoxy groups -OCH3 is 1. The third-order valence-electron chi connectivity index (χ3n) is 4.26. The molecule has 0 atom stereocenters. The fraction of sp³-hybridized carbons (Fsp3) is 0.412. The van der Waals surface area contributed by atoms with Gasteiger partial charge in [0.15, 0.2) is 16.6 Å². The summed E-state index contributed by atoms with van der Waals surface area (Å²) in [6, 6.07) is 1.75. The third-order valence-corrected chi connectivity index (χ3v) is 5.33. The summed E-state index contributed by atoms with van der Waals surface area (Å²) in [5, 5.41) is 14.2. The molecule has 0 radical (unpaired) electrons. The molecule has 1 aromatic carbocycles. The summed E-state index contributed by atoms with van der Waals surface area (Å²) in [6.07, 6.45) is 4.92. The highest BCUT2D eigenvalue weighted by molar-refractivity contribution is 7.15. The zero-order chi connectivity index (χ0) is 20.3. The van der Waals surface area contributed by atoms with Gasteiger partial charge < -0.3 is 9.47 Å². The van der Waals surface area contributed by atoms with Crippen LogP contribution in [0.2, 0.25) is 0 Å². The van der Waals surface area contributed by atoms with Gasteiger partial charge in [0.25, 0.3) is 11.6 Å². The molecule has 1 aliphatic rings. The van der Waals surface area contributed by atoms with Crippen molar-refractivity contribution in [3.8, 4) is 11.5 Å². The minimum Gasteiger partial charge on any atom is -0.493 e. The minimum atomic E-state index is -3.20. The predicted molar refractivity (Wildman–Crippen MR) is 97.6 cm³/mol. The van der Waals surface area contributed by atoms with Crippen LogP contribution in [0.25, 0.3) is 0 Å². The second kappa shape index (κ2) is 8.46. The van der Waals surface area contributed by atoms with Crippen molar-refractivity contribution in [2.24, 2.45) is 0 Å². The number of fused-ring (bicyclic) bond motifs is 1. The van der Waals surface area contributed by atoms with E-state index >= 15 is 0 Å². The van der Waals surface area contributed by atoms with E-state index < -0.39 is 28.9 Å². The Morgan fingerprint density at radius 2 is 2.04 bits per heavy atom. The number of aromatic nitrogens is 1. The molecule has 0 bridgehead atoms. The number of hydrogen-bond donors (Lipinski definition) is 1. The molecular formula is C17H17F2N3O5S. The standard InChI is InChI=1S/C17H17F2N3O5S/c1-26-12-7-9(11(22(24)25)8-13(12)27-16(18)19)15(23)21-17-20-10-5-3-2-4-6-14(10)28-17/h7-8,16H,2-6H2,1H3,(H,20,21,23). The number of nitro benzene ring substituents is 1. The molecule has 0 saturated heterocycles. The van der Waals surface area contributed by atoms with Gasteiger partial charge in [0.1, 0.15) is 5.56 Å². The van der Waals surface area contributed by atoms with Gasteiger partial charge in [-0.15, -0.1) is 11.3 Å². The third kappa shape index (κ3) is 4.35. The number of benzene rings is 1. The molecule has 8 nitrogen and oxygen atoms in total. The molecule has 11 heteroatoms. The highest BCUT2D eigenvalue weighted by Gasteiger charge is 2.27. The molecule has 2 aromatic rings. The monoisotopic (exact) mass is 413 g/mol. The number of amides is 1. The van der Waals surface area contributed by atoms with Crippen molar-refractivity contribution in [3.63, 3.8) is 0 Å². The first kappa shape index (κ1) is 19.9. The molecule has 0 aliphatic heterocycles. The lowest BCUT2D eigenvalue weighted by Gasteiger charge is -2.11. The summed E-state index contributed by atoms with van der Waals surface area (Å²) in [6.45, 7) is -3.20. The number of halogens is 2. The number of rotatable bonds is 6. The van der Waals surface area contributed by atoms with E-state index in [1.54, 1.807) is 0 Å². The van der Waals surface area contributed by atoms with E-state index in [1.165, 1.54) is 18.4 Å². The Kier molecular flexibility index (Phi) is 6.02. The summed E-state index contributed by atoms with van der Waals surface area (Å²) in [7, 11) is 1.18. The summed E-state index contributed by atoms with van der Waals surface area (Å²) >= 11 is 1.34. The van der Waals surface area contributed by atoms with Crippen molar-refractivity contribution in [3.05, 3.63) is 38.4 Å². The zero-order valence-corrected chi connectivity index (χ0v) is 15.7. The number of nitrogens with one attached hydrogen (secondary N) is 1. The smallest absolute Gasteiger partial charge is 0.387 e. The molecule has 150 valence electrons. The van der Waals surface area contributed by atoms with Crippen LogP contribution in [0.15, 0.2) is 12.1 Å². The van der Waals surface area contributed by atoms with Gasteiger partial charge in [-0.1, -0.05) is 6.42 Å². The van der Waals surface area contributed by atoms with E-state index in [0.29, 0.717) is 5.13 Å². The highest BCUT2D eigenvalue weighted by Crippen LogP contribution is 2.36. The normalized spacial score (nSPS) is 13.6. The number of carbonyl (C=O) groups excluding carboxylic acids is 1. The number of aryl methyl sites for hydroxylation is 2. The van der Waals surface area contributed by atoms with Crippen LogP contribution in [0, 0.1) is 10.1 Å². The van der Waals surface area contributed by atoms with Crippen LogP contribution < -0.4 is 14.8 Å². The molecule has 1 heterocycles. The molecule has 0 unspecified atom stereocenters. The van der Waals surface area contributed by atoms with Crippen molar-refractivity contribution in [2.75, 3.05) is 12.4 Å². The van der Waals surface area contributed by atoms with E-state index in [2.05, 4.69) is 15.0 Å². The summed E-state index contributed by atoms with van der Waals surface area (Å²) < 4.78 is 34.2. The first-order chi connectivity index (χ1) is 13.4. The van der Waals surface area contributed by atoms with Crippen LogP contribution in [0.3, 0.4) is 0 Å².